The molecule has 110 valence electrons. The van der Waals surface area contributed by atoms with Crippen LogP contribution >= 0.6 is 0 Å². The maximum absolute atomic E-state index is 11.7. The number of nitrogens with zero attached hydrogens (tertiary/aromatic N) is 1. The minimum Gasteiger partial charge on any atom is -0.312 e. The van der Waals surface area contributed by atoms with Gasteiger partial charge in [0.25, 0.3) is 0 Å². The van der Waals surface area contributed by atoms with Crippen LogP contribution in [0.3, 0.4) is 0 Å². The highest BCUT2D eigenvalue weighted by molar-refractivity contribution is 7.91. The Morgan fingerprint density at radius 3 is 2.63 bits per heavy atom. The zero-order valence-corrected chi connectivity index (χ0v) is 12.7. The molecule has 5 heteroatoms. The first kappa shape index (κ1) is 13.8. The third-order valence-electron chi connectivity index (χ3n) is 5.05. The van der Waals surface area contributed by atoms with Gasteiger partial charge in [0.15, 0.2) is 9.84 Å². The summed E-state index contributed by atoms with van der Waals surface area (Å²) in [6, 6.07) is 1.07. The molecule has 0 radical (unpaired) electrons. The third-order valence-corrected chi connectivity index (χ3v) is 6.72. The lowest BCUT2D eigenvalue weighted by molar-refractivity contribution is 0.309. The second kappa shape index (κ2) is 5.34. The average Bonchev–Trinajstić information content (AvgIpc) is 2.91. The molecule has 1 heterocycles. The molecule has 0 bridgehead atoms. The lowest BCUT2D eigenvalue weighted by Gasteiger charge is -2.22. The van der Waals surface area contributed by atoms with Crippen molar-refractivity contribution in [1.29, 1.82) is 0 Å². The maximum atomic E-state index is 11.7. The molecule has 4 nitrogen and oxygen atoms in total. The van der Waals surface area contributed by atoms with E-state index in [1.165, 1.54) is 38.6 Å². The van der Waals surface area contributed by atoms with Crippen LogP contribution in [0.1, 0.15) is 38.5 Å². The molecule has 0 aromatic carbocycles. The molecule has 0 spiro atoms. The number of likely N-dealkylation sites (tertiary alicyclic amines) is 1. The molecule has 0 aromatic heterocycles. The lowest BCUT2D eigenvalue weighted by Crippen LogP contribution is -2.42. The predicted molar refractivity (Wildman–Crippen MR) is 77.0 cm³/mol. The lowest BCUT2D eigenvalue weighted by atomic mass is 10.1. The van der Waals surface area contributed by atoms with Gasteiger partial charge >= 0.3 is 0 Å². The van der Waals surface area contributed by atoms with Crippen molar-refractivity contribution >= 4 is 9.84 Å². The van der Waals surface area contributed by atoms with E-state index in [1.54, 1.807) is 0 Å². The van der Waals surface area contributed by atoms with Crippen LogP contribution in [0, 0.1) is 5.92 Å². The molecule has 3 unspecified atom stereocenters. The molecule has 19 heavy (non-hydrogen) atoms. The highest BCUT2D eigenvalue weighted by Crippen LogP contribution is 2.32. The maximum Gasteiger partial charge on any atom is 0.151 e. The summed E-state index contributed by atoms with van der Waals surface area (Å²) in [5.74, 6) is 0.724. The van der Waals surface area contributed by atoms with Crippen LogP contribution in [0.25, 0.3) is 0 Å². The molecule has 3 aliphatic rings. The van der Waals surface area contributed by atoms with Crippen LogP contribution in [0.2, 0.25) is 0 Å². The van der Waals surface area contributed by atoms with Crippen LogP contribution in [0.5, 0.6) is 0 Å². The zero-order chi connectivity index (χ0) is 13.5. The Bertz CT molecular complexity index is 419. The van der Waals surface area contributed by atoms with Gasteiger partial charge in [-0.3, -0.25) is 0 Å². The third kappa shape index (κ3) is 3.31. The van der Waals surface area contributed by atoms with Crippen molar-refractivity contribution in [2.24, 2.45) is 5.92 Å². The first-order valence-corrected chi connectivity index (χ1v) is 9.66. The summed E-state index contributed by atoms with van der Waals surface area (Å²) in [6.07, 6.45) is 8.36. The monoisotopic (exact) mass is 286 g/mol. The molecule has 3 atom stereocenters. The average molecular weight is 286 g/mol. The molecular weight excluding hydrogens is 260 g/mol. The summed E-state index contributed by atoms with van der Waals surface area (Å²) in [7, 11) is -2.88. The van der Waals surface area contributed by atoms with E-state index >= 15 is 0 Å². The Balaban J connectivity index is 1.47. The summed E-state index contributed by atoms with van der Waals surface area (Å²) in [4.78, 5) is 2.62. The fraction of sp³-hybridized carbons (Fsp3) is 1.00. The van der Waals surface area contributed by atoms with E-state index < -0.39 is 9.84 Å². The largest absolute Gasteiger partial charge is 0.312 e. The van der Waals surface area contributed by atoms with Crippen molar-refractivity contribution in [2.75, 3.05) is 25.9 Å². The Kier molecular flexibility index (Phi) is 3.89. The number of sulfone groups is 1. The van der Waals surface area contributed by atoms with Crippen molar-refractivity contribution < 1.29 is 8.42 Å². The Hall–Kier alpha value is -0.130. The molecule has 1 aliphatic heterocycles. The topological polar surface area (TPSA) is 49.4 Å². The summed E-state index contributed by atoms with van der Waals surface area (Å²) >= 11 is 0. The van der Waals surface area contributed by atoms with Crippen molar-refractivity contribution in [3.8, 4) is 0 Å². The van der Waals surface area contributed by atoms with E-state index in [1.807, 2.05) is 0 Å². The van der Waals surface area contributed by atoms with Gasteiger partial charge in [0.2, 0.25) is 0 Å². The highest BCUT2D eigenvalue weighted by Gasteiger charge is 2.37. The summed E-state index contributed by atoms with van der Waals surface area (Å²) in [6.45, 7) is 3.46. The van der Waals surface area contributed by atoms with Crippen LogP contribution in [-0.2, 0) is 9.84 Å². The molecule has 2 saturated carbocycles. The second-order valence-corrected chi connectivity index (χ2v) is 8.96. The highest BCUT2D eigenvalue weighted by atomic mass is 32.2. The molecule has 1 N–H and O–H groups in total. The molecule has 1 saturated heterocycles. The van der Waals surface area contributed by atoms with Gasteiger partial charge in [0.1, 0.15) is 0 Å². The van der Waals surface area contributed by atoms with Crippen molar-refractivity contribution in [3.63, 3.8) is 0 Å². The number of hydrogen-bond acceptors (Lipinski definition) is 4. The Labute approximate surface area is 116 Å². The number of rotatable bonds is 5. The van der Waals surface area contributed by atoms with Gasteiger partial charge in [-0.05, 0) is 51.1 Å². The standard InChI is InChI=1S/C14H26N2O2S/c1-19(17,18)14-4-2-3-13(14)15-9-11-7-8-16(10-11)12-5-6-12/h11-15H,2-10H2,1H3. The molecule has 0 amide bonds. The van der Waals surface area contributed by atoms with E-state index in [2.05, 4.69) is 10.2 Å². The summed E-state index contributed by atoms with van der Waals surface area (Å²) < 4.78 is 23.5. The van der Waals surface area contributed by atoms with Crippen molar-refractivity contribution in [1.82, 2.24) is 10.2 Å². The molecule has 2 aliphatic carbocycles. The van der Waals surface area contributed by atoms with Gasteiger partial charge in [-0.25, -0.2) is 8.42 Å². The summed E-state index contributed by atoms with van der Waals surface area (Å²) in [5.41, 5.74) is 0. The van der Waals surface area contributed by atoms with Gasteiger partial charge in [-0.2, -0.15) is 0 Å². The van der Waals surface area contributed by atoms with Crippen LogP contribution in [0.15, 0.2) is 0 Å². The number of nitrogens with one attached hydrogen (secondary N) is 1. The normalized spacial score (nSPS) is 37.0. The van der Waals surface area contributed by atoms with Gasteiger partial charge in [0.05, 0.1) is 5.25 Å². The van der Waals surface area contributed by atoms with Crippen LogP contribution in [0.4, 0.5) is 0 Å². The Morgan fingerprint density at radius 2 is 1.95 bits per heavy atom. The second-order valence-electron chi connectivity index (χ2n) is 6.69. The Morgan fingerprint density at radius 1 is 1.16 bits per heavy atom. The minimum absolute atomic E-state index is 0.145. The summed E-state index contributed by atoms with van der Waals surface area (Å²) in [5, 5.41) is 3.41. The predicted octanol–water partition coefficient (Wildman–Crippen LogP) is 1.03. The van der Waals surface area contributed by atoms with Gasteiger partial charge in [-0.15, -0.1) is 0 Å². The van der Waals surface area contributed by atoms with Crippen molar-refractivity contribution in [2.45, 2.75) is 55.9 Å². The van der Waals surface area contributed by atoms with Gasteiger partial charge < -0.3 is 10.2 Å². The molecule has 0 aromatic rings. The smallest absolute Gasteiger partial charge is 0.151 e. The fourth-order valence-corrected chi connectivity index (χ4v) is 5.21. The zero-order valence-electron chi connectivity index (χ0n) is 11.8. The van der Waals surface area contributed by atoms with Gasteiger partial charge in [-0.1, -0.05) is 6.42 Å². The van der Waals surface area contributed by atoms with E-state index in [-0.39, 0.29) is 11.3 Å². The fourth-order valence-electron chi connectivity index (χ4n) is 3.79. The first-order chi connectivity index (χ1) is 9.04. The van der Waals surface area contributed by atoms with Crippen molar-refractivity contribution in [3.05, 3.63) is 0 Å². The minimum atomic E-state index is -2.88. The molecular formula is C14H26N2O2S. The first-order valence-electron chi connectivity index (χ1n) is 7.70. The molecule has 3 rings (SSSR count). The van der Waals surface area contributed by atoms with Gasteiger partial charge in [0, 0.05) is 24.9 Å². The number of hydrogen-bond donors (Lipinski definition) is 1. The van der Waals surface area contributed by atoms with E-state index in [0.29, 0.717) is 0 Å². The quantitative estimate of drug-likeness (QED) is 0.820. The van der Waals surface area contributed by atoms with E-state index in [4.69, 9.17) is 0 Å². The van der Waals surface area contributed by atoms with Crippen LogP contribution in [-0.4, -0.2) is 56.5 Å². The van der Waals surface area contributed by atoms with E-state index in [9.17, 15) is 8.42 Å². The SMILES string of the molecule is CS(=O)(=O)C1CCCC1NCC1CCN(C2CC2)C1. The van der Waals surface area contributed by atoms with E-state index in [0.717, 1.165) is 37.8 Å². The molecule has 3 fully saturated rings. The van der Waals surface area contributed by atoms with Crippen LogP contribution < -0.4 is 5.32 Å².